The molecule has 1 atom stereocenters. The Labute approximate surface area is 104 Å². The first-order valence-corrected chi connectivity index (χ1v) is 7.59. The lowest BCUT2D eigenvalue weighted by Gasteiger charge is -2.25. The first-order valence-electron chi connectivity index (χ1n) is 4.98. The van der Waals surface area contributed by atoms with Crippen LogP contribution in [0.15, 0.2) is 22.9 Å². The van der Waals surface area contributed by atoms with E-state index in [9.17, 15) is 8.42 Å². The second-order valence-electron chi connectivity index (χ2n) is 4.42. The summed E-state index contributed by atoms with van der Waals surface area (Å²) in [4.78, 5) is 4.03. The third kappa shape index (κ3) is 2.74. The smallest absolute Gasteiger partial charge is 0.152 e. The summed E-state index contributed by atoms with van der Waals surface area (Å²) < 4.78 is 23.8. The Morgan fingerprint density at radius 3 is 2.81 bits per heavy atom. The van der Waals surface area contributed by atoms with E-state index in [4.69, 9.17) is 0 Å². The average molecular weight is 305 g/mol. The summed E-state index contributed by atoms with van der Waals surface area (Å²) >= 11 is 3.33. The van der Waals surface area contributed by atoms with E-state index < -0.39 is 9.84 Å². The number of hydrogen-bond donors (Lipinski definition) is 1. The van der Waals surface area contributed by atoms with Crippen molar-refractivity contribution in [3.63, 3.8) is 0 Å². The van der Waals surface area contributed by atoms with Crippen LogP contribution in [0.25, 0.3) is 0 Å². The van der Waals surface area contributed by atoms with E-state index >= 15 is 0 Å². The van der Waals surface area contributed by atoms with E-state index in [1.54, 1.807) is 12.4 Å². The van der Waals surface area contributed by atoms with Crippen LogP contribution in [0.3, 0.4) is 0 Å². The largest absolute Gasteiger partial charge is 0.378 e. The second-order valence-corrected chi connectivity index (χ2v) is 7.52. The Kier molecular flexibility index (Phi) is 2.96. The van der Waals surface area contributed by atoms with Gasteiger partial charge in [-0.15, -0.1) is 0 Å². The Morgan fingerprint density at radius 1 is 1.50 bits per heavy atom. The number of nitrogens with one attached hydrogen (secondary N) is 1. The molecule has 2 heterocycles. The summed E-state index contributed by atoms with van der Waals surface area (Å²) in [5, 5.41) is 3.24. The highest BCUT2D eigenvalue weighted by molar-refractivity contribution is 9.10. The molecule has 1 aliphatic heterocycles. The van der Waals surface area contributed by atoms with Crippen molar-refractivity contribution in [2.24, 2.45) is 0 Å². The fourth-order valence-electron chi connectivity index (χ4n) is 1.94. The minimum Gasteiger partial charge on any atom is -0.378 e. The minimum atomic E-state index is -2.88. The number of hydrogen-bond acceptors (Lipinski definition) is 4. The van der Waals surface area contributed by atoms with Crippen molar-refractivity contribution in [1.82, 2.24) is 4.98 Å². The SMILES string of the molecule is CC1(Nc2cncc(Br)c2)CCS(=O)(=O)C1. The molecule has 0 saturated carbocycles. The van der Waals surface area contributed by atoms with Crippen LogP contribution >= 0.6 is 15.9 Å². The van der Waals surface area contributed by atoms with Crippen molar-refractivity contribution >= 4 is 31.5 Å². The molecule has 1 aromatic rings. The van der Waals surface area contributed by atoms with Gasteiger partial charge in [0.15, 0.2) is 9.84 Å². The molecular formula is C10H13BrN2O2S. The van der Waals surface area contributed by atoms with E-state index in [-0.39, 0.29) is 17.0 Å². The molecule has 2 rings (SSSR count). The summed E-state index contributed by atoms with van der Waals surface area (Å²) in [6.45, 7) is 1.93. The lowest BCUT2D eigenvalue weighted by Crippen LogP contribution is -2.35. The maximum atomic E-state index is 11.4. The maximum Gasteiger partial charge on any atom is 0.152 e. The number of nitrogens with zero attached hydrogens (tertiary/aromatic N) is 1. The van der Waals surface area contributed by atoms with E-state index in [1.165, 1.54) is 0 Å². The van der Waals surface area contributed by atoms with Gasteiger partial charge >= 0.3 is 0 Å². The van der Waals surface area contributed by atoms with Gasteiger partial charge in [-0.25, -0.2) is 8.42 Å². The van der Waals surface area contributed by atoms with E-state index in [0.29, 0.717) is 6.42 Å². The minimum absolute atomic E-state index is 0.187. The van der Waals surface area contributed by atoms with Gasteiger partial charge < -0.3 is 5.32 Å². The molecule has 0 aromatic carbocycles. The molecule has 0 spiro atoms. The molecular weight excluding hydrogens is 292 g/mol. The van der Waals surface area contributed by atoms with Gasteiger partial charge in [-0.1, -0.05) is 0 Å². The molecule has 0 bridgehead atoms. The molecule has 1 fully saturated rings. The highest BCUT2D eigenvalue weighted by Crippen LogP contribution is 2.27. The summed E-state index contributed by atoms with van der Waals surface area (Å²) in [6, 6.07) is 1.89. The average Bonchev–Trinajstić information content (AvgIpc) is 2.40. The normalized spacial score (nSPS) is 27.9. The van der Waals surface area contributed by atoms with Crippen molar-refractivity contribution in [2.45, 2.75) is 18.9 Å². The third-order valence-electron chi connectivity index (χ3n) is 2.65. The number of halogens is 1. The highest BCUT2D eigenvalue weighted by Gasteiger charge is 2.38. The van der Waals surface area contributed by atoms with Crippen molar-refractivity contribution in [3.05, 3.63) is 22.9 Å². The van der Waals surface area contributed by atoms with Crippen molar-refractivity contribution in [2.75, 3.05) is 16.8 Å². The number of anilines is 1. The summed E-state index contributed by atoms with van der Waals surface area (Å²) in [7, 11) is -2.88. The van der Waals surface area contributed by atoms with Crippen LogP contribution in [-0.2, 0) is 9.84 Å². The highest BCUT2D eigenvalue weighted by atomic mass is 79.9. The fraction of sp³-hybridized carbons (Fsp3) is 0.500. The van der Waals surface area contributed by atoms with Crippen LogP contribution in [0.4, 0.5) is 5.69 Å². The standard InChI is InChI=1S/C10H13BrN2O2S/c1-10(2-3-16(14,15)7-10)13-9-4-8(11)5-12-6-9/h4-6,13H,2-3,7H2,1H3. The van der Waals surface area contributed by atoms with Crippen LogP contribution in [0, 0.1) is 0 Å². The van der Waals surface area contributed by atoms with Gasteiger partial charge in [-0.2, -0.15) is 0 Å². The summed E-state index contributed by atoms with van der Waals surface area (Å²) in [5.41, 5.74) is 0.468. The molecule has 1 aliphatic rings. The van der Waals surface area contributed by atoms with Crippen molar-refractivity contribution in [3.8, 4) is 0 Å². The van der Waals surface area contributed by atoms with Gasteiger partial charge in [0, 0.05) is 16.2 Å². The predicted octanol–water partition coefficient (Wildman–Crippen LogP) is 1.83. The number of aromatic nitrogens is 1. The molecule has 6 heteroatoms. The monoisotopic (exact) mass is 304 g/mol. The molecule has 4 nitrogen and oxygen atoms in total. The van der Waals surface area contributed by atoms with Crippen molar-refractivity contribution in [1.29, 1.82) is 0 Å². The van der Waals surface area contributed by atoms with Crippen LogP contribution in [0.1, 0.15) is 13.3 Å². The van der Waals surface area contributed by atoms with Gasteiger partial charge in [0.25, 0.3) is 0 Å². The van der Waals surface area contributed by atoms with Gasteiger partial charge in [-0.05, 0) is 35.3 Å². The van der Waals surface area contributed by atoms with Gasteiger partial charge in [-0.3, -0.25) is 4.98 Å². The zero-order chi connectivity index (χ0) is 11.8. The third-order valence-corrected chi connectivity index (χ3v) is 4.99. The molecule has 0 radical (unpaired) electrons. The number of pyridine rings is 1. The Balaban J connectivity index is 2.16. The molecule has 88 valence electrons. The first kappa shape index (κ1) is 11.9. The Morgan fingerprint density at radius 2 is 2.25 bits per heavy atom. The van der Waals surface area contributed by atoms with E-state index in [1.807, 2.05) is 13.0 Å². The quantitative estimate of drug-likeness (QED) is 0.905. The first-order chi connectivity index (χ1) is 7.39. The van der Waals surface area contributed by atoms with Crippen LogP contribution < -0.4 is 5.32 Å². The van der Waals surface area contributed by atoms with Crippen LogP contribution in [0.2, 0.25) is 0 Å². The molecule has 1 saturated heterocycles. The molecule has 0 aliphatic carbocycles. The molecule has 1 N–H and O–H groups in total. The van der Waals surface area contributed by atoms with Crippen LogP contribution in [0.5, 0.6) is 0 Å². The topological polar surface area (TPSA) is 59.1 Å². The zero-order valence-corrected chi connectivity index (χ0v) is 11.3. The maximum absolute atomic E-state index is 11.4. The van der Waals surface area contributed by atoms with E-state index in [2.05, 4.69) is 26.2 Å². The van der Waals surface area contributed by atoms with Crippen molar-refractivity contribution < 1.29 is 8.42 Å². The number of rotatable bonds is 2. The predicted molar refractivity (Wildman–Crippen MR) is 67.2 cm³/mol. The summed E-state index contributed by atoms with van der Waals surface area (Å²) in [6.07, 6.45) is 4.03. The Bertz CT molecular complexity index is 503. The van der Waals surface area contributed by atoms with Gasteiger partial charge in [0.1, 0.15) is 0 Å². The van der Waals surface area contributed by atoms with E-state index in [0.717, 1.165) is 10.2 Å². The fourth-order valence-corrected chi connectivity index (χ4v) is 4.40. The second kappa shape index (κ2) is 4.00. The lowest BCUT2D eigenvalue weighted by molar-refractivity contribution is 0.574. The molecule has 1 aromatic heterocycles. The Hall–Kier alpha value is -0.620. The van der Waals surface area contributed by atoms with Gasteiger partial charge in [0.2, 0.25) is 0 Å². The lowest BCUT2D eigenvalue weighted by atomic mass is 10.0. The zero-order valence-electron chi connectivity index (χ0n) is 8.90. The molecule has 16 heavy (non-hydrogen) atoms. The number of sulfone groups is 1. The molecule has 0 amide bonds. The van der Waals surface area contributed by atoms with Gasteiger partial charge in [0.05, 0.1) is 23.4 Å². The summed E-state index contributed by atoms with van der Waals surface area (Å²) in [5.74, 6) is 0.449. The molecule has 1 unspecified atom stereocenters. The van der Waals surface area contributed by atoms with Crippen LogP contribution in [-0.4, -0.2) is 30.4 Å².